The second kappa shape index (κ2) is 6.75. The molecular formula is C19H18BrF2N3. The van der Waals surface area contributed by atoms with E-state index in [4.69, 9.17) is 0 Å². The van der Waals surface area contributed by atoms with Crippen molar-refractivity contribution in [2.75, 3.05) is 13.2 Å². The van der Waals surface area contributed by atoms with Crippen LogP contribution < -0.4 is 5.32 Å². The van der Waals surface area contributed by atoms with E-state index in [0.29, 0.717) is 24.1 Å². The molecule has 3 heterocycles. The van der Waals surface area contributed by atoms with Crippen LogP contribution in [0.2, 0.25) is 0 Å². The zero-order valence-electron chi connectivity index (χ0n) is 13.6. The summed E-state index contributed by atoms with van der Waals surface area (Å²) in [5, 5.41) is 3.43. The fourth-order valence-corrected chi connectivity index (χ4v) is 4.07. The van der Waals surface area contributed by atoms with Crippen LogP contribution in [0.3, 0.4) is 0 Å². The number of aromatic nitrogens is 1. The number of aryl methyl sites for hydroxylation is 1. The highest BCUT2D eigenvalue weighted by Crippen LogP contribution is 2.41. The third kappa shape index (κ3) is 3.15. The van der Waals surface area contributed by atoms with Crippen molar-refractivity contribution in [2.45, 2.75) is 25.2 Å². The number of rotatable bonds is 4. The third-order valence-corrected chi connectivity index (χ3v) is 5.58. The average molecular weight is 406 g/mol. The Morgan fingerprint density at radius 1 is 1.24 bits per heavy atom. The van der Waals surface area contributed by atoms with Crippen molar-refractivity contribution >= 4 is 15.9 Å². The fourth-order valence-electron chi connectivity index (χ4n) is 3.73. The summed E-state index contributed by atoms with van der Waals surface area (Å²) >= 11 is 3.17. The van der Waals surface area contributed by atoms with Gasteiger partial charge in [-0.1, -0.05) is 6.07 Å². The summed E-state index contributed by atoms with van der Waals surface area (Å²) in [5.41, 5.74) is 3.76. The minimum atomic E-state index is -0.475. The summed E-state index contributed by atoms with van der Waals surface area (Å²) in [6.07, 6.45) is 6.09. The van der Waals surface area contributed by atoms with Crippen LogP contribution in [0.5, 0.6) is 0 Å². The van der Waals surface area contributed by atoms with Gasteiger partial charge in [-0.25, -0.2) is 8.78 Å². The molecule has 1 fully saturated rings. The standard InChI is InChI=1S/C19H18BrF2N3/c20-14-4-5-15(21)18(19(14)22)13-8-17-16(24-11-25(17)10-13)6-3-12-2-1-7-23-9-12/h1-2,4-5,7,9,13,24H,3,6,8,10-11H2/t13-/m0/s1. The lowest BCUT2D eigenvalue weighted by atomic mass is 9.95. The van der Waals surface area contributed by atoms with Crippen LogP contribution in [0.1, 0.15) is 29.9 Å². The Hall–Kier alpha value is -1.95. The van der Waals surface area contributed by atoms with Gasteiger partial charge < -0.3 is 10.2 Å². The molecular weight excluding hydrogens is 388 g/mol. The molecule has 25 heavy (non-hydrogen) atoms. The third-order valence-electron chi connectivity index (χ3n) is 4.97. The van der Waals surface area contributed by atoms with Gasteiger partial charge in [0.2, 0.25) is 0 Å². The molecule has 1 aromatic heterocycles. The molecule has 3 nitrogen and oxygen atoms in total. The van der Waals surface area contributed by atoms with E-state index in [1.807, 2.05) is 12.3 Å². The lowest BCUT2D eigenvalue weighted by Gasteiger charge is -2.16. The van der Waals surface area contributed by atoms with Gasteiger partial charge in [-0.15, -0.1) is 0 Å². The van der Waals surface area contributed by atoms with E-state index >= 15 is 0 Å². The summed E-state index contributed by atoms with van der Waals surface area (Å²) in [5.74, 6) is -1.09. The lowest BCUT2D eigenvalue weighted by Crippen LogP contribution is -2.23. The summed E-state index contributed by atoms with van der Waals surface area (Å²) in [4.78, 5) is 6.34. The van der Waals surface area contributed by atoms with Crippen molar-refractivity contribution in [2.24, 2.45) is 0 Å². The second-order valence-electron chi connectivity index (χ2n) is 6.50. The summed E-state index contributed by atoms with van der Waals surface area (Å²) in [6, 6.07) is 6.76. The largest absolute Gasteiger partial charge is 0.370 e. The summed E-state index contributed by atoms with van der Waals surface area (Å²) in [6.45, 7) is 1.36. The molecule has 0 unspecified atom stereocenters. The Morgan fingerprint density at radius 3 is 2.92 bits per heavy atom. The molecule has 2 aliphatic heterocycles. The predicted molar refractivity (Wildman–Crippen MR) is 95.7 cm³/mol. The molecule has 2 aliphatic rings. The molecule has 130 valence electrons. The topological polar surface area (TPSA) is 28.2 Å². The quantitative estimate of drug-likeness (QED) is 0.767. The van der Waals surface area contributed by atoms with E-state index < -0.39 is 11.6 Å². The van der Waals surface area contributed by atoms with Crippen LogP contribution in [0.4, 0.5) is 8.78 Å². The van der Waals surface area contributed by atoms with Gasteiger partial charge in [-0.3, -0.25) is 4.98 Å². The van der Waals surface area contributed by atoms with Gasteiger partial charge in [0.15, 0.2) is 0 Å². The minimum Gasteiger partial charge on any atom is -0.370 e. The number of pyridine rings is 1. The van der Waals surface area contributed by atoms with Crippen LogP contribution in [0.25, 0.3) is 0 Å². The second-order valence-corrected chi connectivity index (χ2v) is 7.36. The van der Waals surface area contributed by atoms with Crippen molar-refractivity contribution in [3.05, 3.63) is 75.3 Å². The normalized spacial score (nSPS) is 19.3. The number of hydrogen-bond donors (Lipinski definition) is 1. The monoisotopic (exact) mass is 405 g/mol. The van der Waals surface area contributed by atoms with E-state index in [-0.39, 0.29) is 11.5 Å². The van der Waals surface area contributed by atoms with Gasteiger partial charge in [-0.2, -0.15) is 0 Å². The predicted octanol–water partition coefficient (Wildman–Crippen LogP) is 4.32. The smallest absolute Gasteiger partial charge is 0.143 e. The van der Waals surface area contributed by atoms with E-state index in [1.54, 1.807) is 6.20 Å². The maximum atomic E-state index is 14.4. The van der Waals surface area contributed by atoms with Crippen LogP contribution in [0, 0.1) is 11.6 Å². The van der Waals surface area contributed by atoms with Gasteiger partial charge in [-0.05, 0) is 59.0 Å². The van der Waals surface area contributed by atoms with Crippen molar-refractivity contribution in [1.29, 1.82) is 0 Å². The number of fused-ring (bicyclic) bond motifs is 1. The Bertz CT molecular complexity index is 823. The van der Waals surface area contributed by atoms with E-state index in [9.17, 15) is 8.78 Å². The molecule has 1 aromatic carbocycles. The van der Waals surface area contributed by atoms with Gasteiger partial charge >= 0.3 is 0 Å². The number of benzene rings is 1. The van der Waals surface area contributed by atoms with Crippen LogP contribution in [-0.4, -0.2) is 23.1 Å². The van der Waals surface area contributed by atoms with Crippen LogP contribution in [-0.2, 0) is 6.42 Å². The van der Waals surface area contributed by atoms with Gasteiger partial charge in [0, 0.05) is 41.8 Å². The molecule has 0 amide bonds. The summed E-state index contributed by atoms with van der Waals surface area (Å²) < 4.78 is 28.9. The van der Waals surface area contributed by atoms with Crippen molar-refractivity contribution in [1.82, 2.24) is 15.2 Å². The number of halogens is 3. The molecule has 2 aromatic rings. The lowest BCUT2D eigenvalue weighted by molar-refractivity contribution is 0.393. The summed E-state index contributed by atoms with van der Waals surface area (Å²) in [7, 11) is 0. The van der Waals surface area contributed by atoms with Gasteiger partial charge in [0.25, 0.3) is 0 Å². The Labute approximate surface area is 153 Å². The maximum absolute atomic E-state index is 14.4. The Morgan fingerprint density at radius 2 is 2.12 bits per heavy atom. The SMILES string of the molecule is Fc1ccc(Br)c(F)c1[C@H]1CC2=C(CCc3cccnc3)NCN2C1. The molecule has 0 spiro atoms. The average Bonchev–Trinajstić information content (AvgIpc) is 3.19. The molecule has 1 atom stereocenters. The zero-order valence-corrected chi connectivity index (χ0v) is 15.2. The first-order valence-corrected chi connectivity index (χ1v) is 9.16. The Balaban J connectivity index is 1.54. The van der Waals surface area contributed by atoms with Crippen LogP contribution in [0.15, 0.2) is 52.5 Å². The Kier molecular flexibility index (Phi) is 4.46. The molecule has 0 bridgehead atoms. The number of allylic oxidation sites excluding steroid dienone is 2. The number of hydrogen-bond acceptors (Lipinski definition) is 3. The van der Waals surface area contributed by atoms with E-state index in [0.717, 1.165) is 12.8 Å². The highest BCUT2D eigenvalue weighted by atomic mass is 79.9. The van der Waals surface area contributed by atoms with Crippen molar-refractivity contribution in [3.8, 4) is 0 Å². The molecule has 1 saturated heterocycles. The molecule has 4 rings (SSSR count). The van der Waals surface area contributed by atoms with Crippen LogP contribution >= 0.6 is 15.9 Å². The molecule has 6 heteroatoms. The highest BCUT2D eigenvalue weighted by Gasteiger charge is 2.36. The first-order valence-electron chi connectivity index (χ1n) is 8.36. The molecule has 0 radical (unpaired) electrons. The van der Waals surface area contributed by atoms with Crippen molar-refractivity contribution < 1.29 is 8.78 Å². The van der Waals surface area contributed by atoms with Gasteiger partial charge in [0.05, 0.1) is 11.1 Å². The van der Waals surface area contributed by atoms with E-state index in [2.05, 4.69) is 37.2 Å². The number of nitrogens with one attached hydrogen (secondary N) is 1. The minimum absolute atomic E-state index is 0.150. The number of nitrogens with zero attached hydrogens (tertiary/aromatic N) is 2. The van der Waals surface area contributed by atoms with Gasteiger partial charge in [0.1, 0.15) is 11.6 Å². The molecule has 1 N–H and O–H groups in total. The molecule has 0 saturated carbocycles. The maximum Gasteiger partial charge on any atom is 0.143 e. The highest BCUT2D eigenvalue weighted by molar-refractivity contribution is 9.10. The zero-order chi connectivity index (χ0) is 17.4. The molecule has 0 aliphatic carbocycles. The first kappa shape index (κ1) is 16.5. The fraction of sp³-hybridized carbons (Fsp3) is 0.316. The van der Waals surface area contributed by atoms with Crippen molar-refractivity contribution in [3.63, 3.8) is 0 Å². The van der Waals surface area contributed by atoms with E-state index in [1.165, 1.54) is 29.1 Å². The first-order chi connectivity index (χ1) is 12.1.